The highest BCUT2D eigenvalue weighted by Crippen LogP contribution is 2.33. The number of pyridine rings is 1. The number of anilines is 2. The Morgan fingerprint density at radius 3 is 2.41 bits per heavy atom. The SMILES string of the molecule is CCn1c(=O)c(-c2ccc(-c3cccc(C)c3)cc2Cl)cc2cnc(Nc3ccc(C4CCN(C)CC4)cc3)nc21. The molecule has 0 bridgehead atoms. The molecule has 2 aromatic heterocycles. The van der Waals surface area contributed by atoms with Gasteiger partial charge in [0.05, 0.1) is 0 Å². The maximum Gasteiger partial charge on any atom is 0.260 e. The van der Waals surface area contributed by atoms with Crippen LogP contribution in [0.25, 0.3) is 33.3 Å². The molecule has 1 aliphatic rings. The third-order valence-electron chi connectivity index (χ3n) is 8.11. The number of nitrogens with one attached hydrogen (secondary N) is 1. The number of aryl methyl sites for hydroxylation is 2. The normalized spacial score (nSPS) is 14.4. The lowest BCUT2D eigenvalue weighted by Crippen LogP contribution is -2.29. The molecule has 0 atom stereocenters. The number of hydrogen-bond donors (Lipinski definition) is 1. The van der Waals surface area contributed by atoms with Crippen molar-refractivity contribution in [3.05, 3.63) is 105 Å². The molecule has 3 aromatic carbocycles. The van der Waals surface area contributed by atoms with Crippen LogP contribution in [-0.2, 0) is 6.54 Å². The largest absolute Gasteiger partial charge is 0.324 e. The van der Waals surface area contributed by atoms with Gasteiger partial charge in [0.2, 0.25) is 5.95 Å². The summed E-state index contributed by atoms with van der Waals surface area (Å²) in [7, 11) is 2.19. The van der Waals surface area contributed by atoms with Crippen molar-refractivity contribution in [1.29, 1.82) is 0 Å². The molecule has 6 rings (SSSR count). The second kappa shape index (κ2) is 11.5. The Bertz CT molecular complexity index is 1770. The first-order chi connectivity index (χ1) is 19.9. The lowest BCUT2D eigenvalue weighted by atomic mass is 9.89. The summed E-state index contributed by atoms with van der Waals surface area (Å²) in [4.78, 5) is 25.4. The van der Waals surface area contributed by atoms with Crippen LogP contribution in [0.1, 0.15) is 36.8 Å². The minimum absolute atomic E-state index is 0.127. The van der Waals surface area contributed by atoms with Gasteiger partial charge in [-0.2, -0.15) is 4.98 Å². The molecule has 0 unspecified atom stereocenters. The quantitative estimate of drug-likeness (QED) is 0.230. The van der Waals surface area contributed by atoms with Gasteiger partial charge in [-0.25, -0.2) is 4.98 Å². The van der Waals surface area contributed by atoms with E-state index in [1.807, 2.05) is 37.3 Å². The number of hydrogen-bond acceptors (Lipinski definition) is 5. The first-order valence-corrected chi connectivity index (χ1v) is 14.6. The van der Waals surface area contributed by atoms with E-state index in [0.29, 0.717) is 40.2 Å². The Morgan fingerprint density at radius 1 is 0.951 bits per heavy atom. The van der Waals surface area contributed by atoms with Crippen molar-refractivity contribution >= 4 is 34.3 Å². The summed E-state index contributed by atoms with van der Waals surface area (Å²) in [5.74, 6) is 1.07. The Labute approximate surface area is 245 Å². The molecule has 5 aromatic rings. The standard InChI is InChI=1S/C34H34ClN5O/c1-4-40-32-27(19-30(33(40)41)29-13-10-26(20-31(29)35)25-7-5-6-22(2)18-25)21-36-34(38-32)37-28-11-8-23(9-12-28)24-14-16-39(3)17-15-24/h5-13,18-21,24H,4,14-17H2,1-3H3,(H,36,37,38). The van der Waals surface area contributed by atoms with Crippen LogP contribution in [0.4, 0.5) is 11.6 Å². The fourth-order valence-electron chi connectivity index (χ4n) is 5.75. The molecule has 0 saturated carbocycles. The highest BCUT2D eigenvalue weighted by Gasteiger charge is 2.19. The number of benzene rings is 3. The molecule has 0 radical (unpaired) electrons. The van der Waals surface area contributed by atoms with Gasteiger partial charge in [0.1, 0.15) is 5.65 Å². The molecule has 0 aliphatic carbocycles. The summed E-state index contributed by atoms with van der Waals surface area (Å²) in [6.45, 7) is 6.77. The maximum atomic E-state index is 13.7. The van der Waals surface area contributed by atoms with E-state index in [1.165, 1.54) is 24.0 Å². The number of rotatable bonds is 6. The van der Waals surface area contributed by atoms with Gasteiger partial charge in [-0.1, -0.05) is 65.7 Å². The van der Waals surface area contributed by atoms with Gasteiger partial charge in [-0.05, 0) is 93.7 Å². The maximum absolute atomic E-state index is 13.7. The Hall–Kier alpha value is -4.00. The molecular weight excluding hydrogens is 530 g/mol. The van der Waals surface area contributed by atoms with E-state index in [1.54, 1.807) is 10.8 Å². The minimum Gasteiger partial charge on any atom is -0.324 e. The molecule has 0 amide bonds. The Morgan fingerprint density at radius 2 is 1.71 bits per heavy atom. The first-order valence-electron chi connectivity index (χ1n) is 14.2. The van der Waals surface area contributed by atoms with Crippen molar-refractivity contribution in [1.82, 2.24) is 19.4 Å². The number of nitrogens with zero attached hydrogens (tertiary/aromatic N) is 4. The fraction of sp³-hybridized carbons (Fsp3) is 0.265. The second-order valence-corrected chi connectivity index (χ2v) is 11.4. The second-order valence-electron chi connectivity index (χ2n) is 11.0. The van der Waals surface area contributed by atoms with Gasteiger partial charge < -0.3 is 10.2 Å². The monoisotopic (exact) mass is 563 g/mol. The van der Waals surface area contributed by atoms with Gasteiger partial charge in [-0.15, -0.1) is 0 Å². The van der Waals surface area contributed by atoms with Crippen LogP contribution in [0.3, 0.4) is 0 Å². The predicted molar refractivity (Wildman–Crippen MR) is 169 cm³/mol. The van der Waals surface area contributed by atoms with E-state index in [4.69, 9.17) is 16.6 Å². The molecule has 1 fully saturated rings. The summed E-state index contributed by atoms with van der Waals surface area (Å²) in [5, 5.41) is 4.63. The first kappa shape index (κ1) is 27.2. The molecule has 1 N–H and O–H groups in total. The number of fused-ring (bicyclic) bond motifs is 1. The van der Waals surface area contributed by atoms with Crippen LogP contribution >= 0.6 is 11.6 Å². The van der Waals surface area contributed by atoms with Crippen LogP contribution in [0.15, 0.2) is 83.8 Å². The summed E-state index contributed by atoms with van der Waals surface area (Å²) < 4.78 is 1.69. The zero-order valence-corrected chi connectivity index (χ0v) is 24.4. The third-order valence-corrected chi connectivity index (χ3v) is 8.42. The number of aromatic nitrogens is 3. The number of piperidine rings is 1. The zero-order chi connectivity index (χ0) is 28.5. The van der Waals surface area contributed by atoms with Crippen LogP contribution in [0, 0.1) is 6.92 Å². The molecule has 7 heteroatoms. The van der Waals surface area contributed by atoms with E-state index in [0.717, 1.165) is 35.3 Å². The third kappa shape index (κ3) is 5.63. The lowest BCUT2D eigenvalue weighted by Gasteiger charge is -2.29. The summed E-state index contributed by atoms with van der Waals surface area (Å²) in [6.07, 6.45) is 4.15. The molecule has 6 nitrogen and oxygen atoms in total. The van der Waals surface area contributed by atoms with Crippen LogP contribution in [0.2, 0.25) is 5.02 Å². The molecule has 208 valence electrons. The summed E-state index contributed by atoms with van der Waals surface area (Å²) in [6, 6.07) is 24.5. The summed E-state index contributed by atoms with van der Waals surface area (Å²) >= 11 is 6.76. The number of likely N-dealkylation sites (tertiary alicyclic amines) is 1. The van der Waals surface area contributed by atoms with Crippen LogP contribution < -0.4 is 10.9 Å². The average Bonchev–Trinajstić information content (AvgIpc) is 2.98. The van der Waals surface area contributed by atoms with E-state index >= 15 is 0 Å². The molecule has 1 aliphatic heterocycles. The fourth-order valence-corrected chi connectivity index (χ4v) is 6.04. The van der Waals surface area contributed by atoms with Gasteiger partial charge in [-0.3, -0.25) is 9.36 Å². The molecule has 0 spiro atoms. The molecular formula is C34H34ClN5O. The lowest BCUT2D eigenvalue weighted by molar-refractivity contribution is 0.255. The van der Waals surface area contributed by atoms with Crippen molar-refractivity contribution in [2.75, 3.05) is 25.5 Å². The Kier molecular flexibility index (Phi) is 7.61. The van der Waals surface area contributed by atoms with Crippen molar-refractivity contribution in [3.63, 3.8) is 0 Å². The van der Waals surface area contributed by atoms with E-state index in [-0.39, 0.29) is 5.56 Å². The van der Waals surface area contributed by atoms with E-state index in [2.05, 4.69) is 71.6 Å². The topological polar surface area (TPSA) is 63.1 Å². The molecule has 1 saturated heterocycles. The van der Waals surface area contributed by atoms with E-state index in [9.17, 15) is 4.79 Å². The van der Waals surface area contributed by atoms with Crippen molar-refractivity contribution < 1.29 is 0 Å². The highest BCUT2D eigenvalue weighted by molar-refractivity contribution is 6.33. The number of halogens is 1. The van der Waals surface area contributed by atoms with Gasteiger partial charge in [0.15, 0.2) is 0 Å². The van der Waals surface area contributed by atoms with Gasteiger partial charge in [0.25, 0.3) is 5.56 Å². The molecule has 3 heterocycles. The summed E-state index contributed by atoms with van der Waals surface area (Å²) in [5.41, 5.74) is 7.28. The zero-order valence-electron chi connectivity index (χ0n) is 23.7. The van der Waals surface area contributed by atoms with Crippen molar-refractivity contribution in [2.24, 2.45) is 0 Å². The van der Waals surface area contributed by atoms with Gasteiger partial charge >= 0.3 is 0 Å². The smallest absolute Gasteiger partial charge is 0.260 e. The van der Waals surface area contributed by atoms with Gasteiger partial charge in [0, 0.05) is 40.0 Å². The minimum atomic E-state index is -0.127. The average molecular weight is 564 g/mol. The van der Waals surface area contributed by atoms with E-state index < -0.39 is 0 Å². The van der Waals surface area contributed by atoms with Crippen LogP contribution in [-0.4, -0.2) is 39.6 Å². The van der Waals surface area contributed by atoms with Crippen molar-refractivity contribution in [3.8, 4) is 22.3 Å². The van der Waals surface area contributed by atoms with Crippen LogP contribution in [0.5, 0.6) is 0 Å². The van der Waals surface area contributed by atoms with Crippen molar-refractivity contribution in [2.45, 2.75) is 39.2 Å². The molecule has 41 heavy (non-hydrogen) atoms. The highest BCUT2D eigenvalue weighted by atomic mass is 35.5. The predicted octanol–water partition coefficient (Wildman–Crippen LogP) is 7.66. The Balaban J connectivity index is 1.28.